The van der Waals surface area contributed by atoms with Gasteiger partial charge in [0.15, 0.2) is 5.67 Å². The second kappa shape index (κ2) is 10.6. The van der Waals surface area contributed by atoms with Crippen molar-refractivity contribution in [3.63, 3.8) is 0 Å². The van der Waals surface area contributed by atoms with E-state index in [9.17, 15) is 9.18 Å². The summed E-state index contributed by atoms with van der Waals surface area (Å²) in [7, 11) is 0. The summed E-state index contributed by atoms with van der Waals surface area (Å²) in [5.74, 6) is 0.750. The van der Waals surface area contributed by atoms with E-state index < -0.39 is 5.67 Å². The zero-order valence-electron chi connectivity index (χ0n) is 18.9. The molecule has 0 bridgehead atoms. The lowest BCUT2D eigenvalue weighted by Crippen LogP contribution is -2.32. The maximum atomic E-state index is 14.1. The van der Waals surface area contributed by atoms with Crippen molar-refractivity contribution in [1.29, 1.82) is 0 Å². The number of aromatic nitrogens is 2. The van der Waals surface area contributed by atoms with Gasteiger partial charge in [-0.05, 0) is 51.8 Å². The minimum absolute atomic E-state index is 0.200. The number of hydrogen-bond donors (Lipinski definition) is 0. The predicted octanol–water partition coefficient (Wildman–Crippen LogP) is 5.65. The van der Waals surface area contributed by atoms with Crippen LogP contribution >= 0.6 is 22.7 Å². The van der Waals surface area contributed by atoms with Crippen LogP contribution in [0.25, 0.3) is 0 Å². The van der Waals surface area contributed by atoms with E-state index in [0.717, 1.165) is 40.3 Å². The Morgan fingerprint density at radius 1 is 1.31 bits per heavy atom. The summed E-state index contributed by atoms with van der Waals surface area (Å²) in [5.41, 5.74) is 0.128. The Balaban J connectivity index is 0.000000189. The molecule has 1 amide bonds. The molecule has 3 heterocycles. The van der Waals surface area contributed by atoms with Crippen LogP contribution in [0.15, 0.2) is 11.2 Å². The molecule has 2 aliphatic carbocycles. The molecule has 2 aromatic heterocycles. The van der Waals surface area contributed by atoms with E-state index in [4.69, 9.17) is 0 Å². The van der Waals surface area contributed by atoms with Gasteiger partial charge in [-0.2, -0.15) is 0 Å². The highest BCUT2D eigenvalue weighted by Gasteiger charge is 2.48. The fourth-order valence-electron chi connectivity index (χ4n) is 4.49. The number of aliphatic imine (C=N–C) groups is 1. The minimum atomic E-state index is -1.05. The van der Waals surface area contributed by atoms with Gasteiger partial charge in [0.25, 0.3) is 0 Å². The average Bonchev–Trinajstić information content (AvgIpc) is 3.20. The van der Waals surface area contributed by atoms with Gasteiger partial charge in [0, 0.05) is 29.0 Å². The van der Waals surface area contributed by atoms with Crippen molar-refractivity contribution in [3.05, 3.63) is 31.7 Å². The van der Waals surface area contributed by atoms with Crippen molar-refractivity contribution in [2.24, 2.45) is 10.9 Å². The Kier molecular flexibility index (Phi) is 7.84. The molecule has 2 fully saturated rings. The molecular weight excluding hydrogens is 443 g/mol. The number of aryl methyl sites for hydroxylation is 1. The molecule has 0 radical (unpaired) electrons. The highest BCUT2D eigenvalue weighted by atomic mass is 32.1. The fourth-order valence-corrected chi connectivity index (χ4v) is 6.48. The first kappa shape index (κ1) is 23.6. The molecule has 5 rings (SSSR count). The number of hydrogen-bond acceptors (Lipinski definition) is 6. The third-order valence-corrected chi connectivity index (χ3v) is 8.88. The molecule has 0 N–H and O–H groups in total. The largest absolute Gasteiger partial charge is 0.297 e. The summed E-state index contributed by atoms with van der Waals surface area (Å²) in [4.78, 5) is 27.5. The predicted molar refractivity (Wildman–Crippen MR) is 129 cm³/mol. The Bertz CT molecular complexity index is 930. The maximum Gasteiger partial charge on any atom is 0.250 e. The number of halogens is 1. The van der Waals surface area contributed by atoms with E-state index in [1.54, 1.807) is 17.5 Å². The first-order chi connectivity index (χ1) is 15.4. The lowest BCUT2D eigenvalue weighted by Gasteiger charge is -2.29. The molecule has 0 spiro atoms. The maximum absolute atomic E-state index is 14.1. The van der Waals surface area contributed by atoms with E-state index >= 15 is 0 Å². The van der Waals surface area contributed by atoms with Gasteiger partial charge in [0.05, 0.1) is 17.1 Å². The number of carbonyl (C=O) groups excluding carboxylic acids is 1. The van der Waals surface area contributed by atoms with Crippen molar-refractivity contribution in [2.45, 2.75) is 83.3 Å². The third-order valence-electron chi connectivity index (χ3n) is 6.63. The van der Waals surface area contributed by atoms with E-state index in [0.29, 0.717) is 19.3 Å². The lowest BCUT2D eigenvalue weighted by atomic mass is 9.87. The van der Waals surface area contributed by atoms with Crippen LogP contribution < -0.4 is 0 Å². The van der Waals surface area contributed by atoms with Crippen molar-refractivity contribution in [2.75, 3.05) is 13.1 Å². The number of carbonyl (C=O) groups is 1. The van der Waals surface area contributed by atoms with Gasteiger partial charge in [0.2, 0.25) is 5.91 Å². The van der Waals surface area contributed by atoms with Crippen LogP contribution in [0.1, 0.15) is 76.8 Å². The summed E-state index contributed by atoms with van der Waals surface area (Å²) in [6, 6.07) is 0. The van der Waals surface area contributed by atoms with Crippen molar-refractivity contribution in [1.82, 2.24) is 14.9 Å². The van der Waals surface area contributed by atoms with Gasteiger partial charge in [-0.1, -0.05) is 32.1 Å². The standard InChI is InChI=1S/C17H25FN2S.C7H8N2OS/c18-17(8-9-17)16-19-14-12-20(11-7-15(14)21-16)10-6-13-4-2-1-3-5-13;1-5-9-4-6(11-5)3-7(10)8-2/h13H,1-12H2;4H,2-3H2,1H3. The molecule has 5 nitrogen and oxygen atoms in total. The molecule has 8 heteroatoms. The van der Waals surface area contributed by atoms with Crippen LogP contribution in [0.2, 0.25) is 0 Å². The van der Waals surface area contributed by atoms with Gasteiger partial charge >= 0.3 is 0 Å². The zero-order chi connectivity index (χ0) is 22.6. The molecule has 1 aliphatic heterocycles. The summed E-state index contributed by atoms with van der Waals surface area (Å²) in [6.07, 6.45) is 13.0. The van der Waals surface area contributed by atoms with Crippen LogP contribution in [0.4, 0.5) is 4.39 Å². The van der Waals surface area contributed by atoms with Crippen LogP contribution in [0.5, 0.6) is 0 Å². The summed E-state index contributed by atoms with van der Waals surface area (Å²) >= 11 is 3.15. The number of thiazole rings is 2. The first-order valence-electron chi connectivity index (χ1n) is 11.8. The van der Waals surface area contributed by atoms with Gasteiger partial charge in [-0.3, -0.25) is 9.69 Å². The molecular formula is C24H33FN4OS2. The lowest BCUT2D eigenvalue weighted by molar-refractivity contribution is -0.117. The Labute approximate surface area is 198 Å². The van der Waals surface area contributed by atoms with E-state index in [1.807, 2.05) is 6.92 Å². The summed E-state index contributed by atoms with van der Waals surface area (Å²) in [6.45, 7) is 8.35. The van der Waals surface area contributed by atoms with E-state index in [2.05, 4.69) is 26.6 Å². The number of rotatable bonds is 6. The molecule has 0 unspecified atom stereocenters. The van der Waals surface area contributed by atoms with Crippen LogP contribution in [-0.4, -0.2) is 40.6 Å². The first-order valence-corrected chi connectivity index (χ1v) is 13.4. The average molecular weight is 477 g/mol. The molecule has 0 atom stereocenters. The fraction of sp³-hybridized carbons (Fsp3) is 0.667. The molecule has 3 aliphatic rings. The second-order valence-electron chi connectivity index (χ2n) is 9.25. The SMILES string of the molecule is C=NC(=O)Cc1cnc(C)s1.FC1(c2nc3c(s2)CCN(CCC2CCCCC2)C3)CC1. The van der Waals surface area contributed by atoms with Crippen molar-refractivity contribution in [3.8, 4) is 0 Å². The van der Waals surface area contributed by atoms with Crippen molar-refractivity contribution < 1.29 is 9.18 Å². The van der Waals surface area contributed by atoms with Crippen LogP contribution in [-0.2, 0) is 29.8 Å². The summed E-state index contributed by atoms with van der Waals surface area (Å²) < 4.78 is 14.1. The molecule has 2 aromatic rings. The number of amides is 1. The zero-order valence-corrected chi connectivity index (χ0v) is 20.6. The number of fused-ring (bicyclic) bond motifs is 1. The quantitative estimate of drug-likeness (QED) is 0.506. The highest BCUT2D eigenvalue weighted by Crippen LogP contribution is 2.51. The Hall–Kier alpha value is -1.51. The molecule has 174 valence electrons. The highest BCUT2D eigenvalue weighted by molar-refractivity contribution is 7.12. The van der Waals surface area contributed by atoms with E-state index in [1.165, 1.54) is 67.0 Å². The smallest absolute Gasteiger partial charge is 0.250 e. The molecule has 32 heavy (non-hydrogen) atoms. The third kappa shape index (κ3) is 6.29. The van der Waals surface area contributed by atoms with Crippen LogP contribution in [0.3, 0.4) is 0 Å². The number of nitrogens with zero attached hydrogens (tertiary/aromatic N) is 4. The normalized spacial score (nSPS) is 20.2. The van der Waals surface area contributed by atoms with Crippen LogP contribution in [0, 0.1) is 12.8 Å². The topological polar surface area (TPSA) is 58.5 Å². The molecule has 0 aromatic carbocycles. The van der Waals surface area contributed by atoms with Gasteiger partial charge in [-0.15, -0.1) is 22.7 Å². The Morgan fingerprint density at radius 2 is 2.09 bits per heavy atom. The van der Waals surface area contributed by atoms with E-state index in [-0.39, 0.29) is 5.91 Å². The monoisotopic (exact) mass is 476 g/mol. The van der Waals surface area contributed by atoms with Gasteiger partial charge < -0.3 is 0 Å². The number of alkyl halides is 1. The van der Waals surface area contributed by atoms with Gasteiger partial charge in [-0.25, -0.2) is 19.4 Å². The molecule has 0 saturated heterocycles. The van der Waals surface area contributed by atoms with Crippen molar-refractivity contribution >= 4 is 35.3 Å². The second-order valence-corrected chi connectivity index (χ2v) is 11.7. The Morgan fingerprint density at radius 3 is 2.75 bits per heavy atom. The minimum Gasteiger partial charge on any atom is -0.297 e. The van der Waals surface area contributed by atoms with Gasteiger partial charge in [0.1, 0.15) is 5.01 Å². The molecule has 2 saturated carbocycles. The summed E-state index contributed by atoms with van der Waals surface area (Å²) in [5, 5.41) is 1.73.